The van der Waals surface area contributed by atoms with Crippen LogP contribution in [0.3, 0.4) is 0 Å². The molecule has 0 radical (unpaired) electrons. The average Bonchev–Trinajstić information content (AvgIpc) is 2.67. The van der Waals surface area contributed by atoms with Crippen LogP contribution in [0.1, 0.15) is 37.7 Å². The molecule has 21 heavy (non-hydrogen) atoms. The van der Waals surface area contributed by atoms with E-state index in [1.54, 1.807) is 7.11 Å². The van der Waals surface area contributed by atoms with Gasteiger partial charge in [-0.15, -0.1) is 12.4 Å². The zero-order valence-corrected chi connectivity index (χ0v) is 13.2. The van der Waals surface area contributed by atoms with E-state index in [9.17, 15) is 4.79 Å². The third-order valence-electron chi connectivity index (χ3n) is 4.98. The molecule has 2 saturated heterocycles. The van der Waals surface area contributed by atoms with Crippen molar-refractivity contribution in [3.05, 3.63) is 29.8 Å². The maximum absolute atomic E-state index is 12.0. The summed E-state index contributed by atoms with van der Waals surface area (Å²) in [5.41, 5.74) is 6.54. The van der Waals surface area contributed by atoms with Gasteiger partial charge in [-0.05, 0) is 49.8 Å². The molecule has 0 spiro atoms. The van der Waals surface area contributed by atoms with Gasteiger partial charge in [0, 0.05) is 12.6 Å². The summed E-state index contributed by atoms with van der Waals surface area (Å²) >= 11 is 0. The zero-order chi connectivity index (χ0) is 14.2. The maximum Gasteiger partial charge on any atom is 0.237 e. The fraction of sp³-hybridized carbons (Fsp3) is 0.562. The predicted octanol–water partition coefficient (Wildman–Crippen LogP) is 2.49. The van der Waals surface area contributed by atoms with Crippen LogP contribution in [0, 0.1) is 0 Å². The Balaban J connectivity index is 0.00000161. The Bertz CT molecular complexity index is 502. The van der Waals surface area contributed by atoms with Crippen LogP contribution in [0.5, 0.6) is 5.75 Å². The van der Waals surface area contributed by atoms with Gasteiger partial charge in [0.15, 0.2) is 0 Å². The number of benzene rings is 1. The first kappa shape index (κ1) is 16.1. The molecule has 2 fully saturated rings. The minimum atomic E-state index is -0.400. The summed E-state index contributed by atoms with van der Waals surface area (Å²) in [5.74, 6) is 0.716. The van der Waals surface area contributed by atoms with Crippen molar-refractivity contribution in [2.24, 2.45) is 5.73 Å². The largest absolute Gasteiger partial charge is 0.497 e. The van der Waals surface area contributed by atoms with Crippen molar-refractivity contribution in [3.8, 4) is 5.75 Å². The lowest BCUT2D eigenvalue weighted by Gasteiger charge is -2.42. The fourth-order valence-corrected chi connectivity index (χ4v) is 3.85. The molecule has 5 heteroatoms. The molecule has 1 aromatic rings. The van der Waals surface area contributed by atoms with Gasteiger partial charge in [-0.25, -0.2) is 0 Å². The molecule has 2 N–H and O–H groups in total. The Morgan fingerprint density at radius 1 is 1.33 bits per heavy atom. The normalized spacial score (nSPS) is 28.0. The topological polar surface area (TPSA) is 55.6 Å². The van der Waals surface area contributed by atoms with Crippen LogP contribution in [0.15, 0.2) is 24.3 Å². The van der Waals surface area contributed by atoms with Crippen LogP contribution >= 0.6 is 12.4 Å². The summed E-state index contributed by atoms with van der Waals surface area (Å²) < 4.78 is 5.18. The number of ether oxygens (including phenoxy) is 1. The lowest BCUT2D eigenvalue weighted by atomic mass is 9.87. The quantitative estimate of drug-likeness (QED) is 0.929. The third-order valence-corrected chi connectivity index (χ3v) is 4.98. The Hall–Kier alpha value is -1.26. The lowest BCUT2D eigenvalue weighted by molar-refractivity contribution is -0.132. The van der Waals surface area contributed by atoms with Crippen LogP contribution in [0.2, 0.25) is 0 Å². The number of halogens is 1. The molecule has 2 heterocycles. The molecule has 2 aliphatic heterocycles. The van der Waals surface area contributed by atoms with Gasteiger partial charge in [0.05, 0.1) is 7.11 Å². The van der Waals surface area contributed by atoms with E-state index in [0.717, 1.165) is 38.0 Å². The smallest absolute Gasteiger partial charge is 0.237 e. The van der Waals surface area contributed by atoms with Crippen molar-refractivity contribution >= 4 is 18.3 Å². The molecule has 4 nitrogen and oxygen atoms in total. The fourth-order valence-electron chi connectivity index (χ4n) is 3.85. The van der Waals surface area contributed by atoms with E-state index < -0.39 is 5.54 Å². The van der Waals surface area contributed by atoms with Crippen molar-refractivity contribution in [2.75, 3.05) is 7.11 Å². The molecule has 1 amide bonds. The van der Waals surface area contributed by atoms with E-state index in [-0.39, 0.29) is 18.3 Å². The van der Waals surface area contributed by atoms with Gasteiger partial charge in [-0.3, -0.25) is 9.69 Å². The van der Waals surface area contributed by atoms with Crippen molar-refractivity contribution in [2.45, 2.75) is 50.2 Å². The number of methoxy groups -OCH3 is 1. The molecule has 1 aromatic carbocycles. The summed E-state index contributed by atoms with van der Waals surface area (Å²) in [6, 6.07) is 8.60. The second-order valence-corrected chi connectivity index (χ2v) is 5.96. The SMILES string of the molecule is COc1ccc(CN2C3CCCC2(C(N)=O)CC3)cc1.Cl. The van der Waals surface area contributed by atoms with Gasteiger partial charge in [-0.1, -0.05) is 12.1 Å². The molecule has 3 rings (SSSR count). The molecular weight excluding hydrogens is 288 g/mol. The van der Waals surface area contributed by atoms with Crippen LogP contribution in [-0.4, -0.2) is 29.5 Å². The van der Waals surface area contributed by atoms with Crippen molar-refractivity contribution in [1.82, 2.24) is 4.90 Å². The molecular formula is C16H23ClN2O2. The third kappa shape index (κ3) is 2.74. The van der Waals surface area contributed by atoms with Crippen LogP contribution in [0.25, 0.3) is 0 Å². The monoisotopic (exact) mass is 310 g/mol. The Morgan fingerprint density at radius 3 is 2.67 bits per heavy atom. The zero-order valence-electron chi connectivity index (χ0n) is 12.4. The minimum absolute atomic E-state index is 0. The van der Waals surface area contributed by atoms with Gasteiger partial charge in [0.25, 0.3) is 0 Å². The van der Waals surface area contributed by atoms with Crippen molar-refractivity contribution < 1.29 is 9.53 Å². The summed E-state index contributed by atoms with van der Waals surface area (Å²) in [7, 11) is 1.67. The number of fused-ring (bicyclic) bond motifs is 2. The van der Waals surface area contributed by atoms with Gasteiger partial charge in [-0.2, -0.15) is 0 Å². The minimum Gasteiger partial charge on any atom is -0.497 e. The first-order chi connectivity index (χ1) is 9.65. The van der Waals surface area contributed by atoms with Gasteiger partial charge >= 0.3 is 0 Å². The van der Waals surface area contributed by atoms with Crippen LogP contribution < -0.4 is 10.5 Å². The summed E-state index contributed by atoms with van der Waals surface area (Å²) in [4.78, 5) is 14.3. The van der Waals surface area contributed by atoms with Crippen molar-refractivity contribution in [1.29, 1.82) is 0 Å². The summed E-state index contributed by atoms with van der Waals surface area (Å²) in [5, 5.41) is 0. The molecule has 0 aliphatic carbocycles. The highest BCUT2D eigenvalue weighted by Gasteiger charge is 2.52. The summed E-state index contributed by atoms with van der Waals surface area (Å²) in [6.45, 7) is 0.803. The Kier molecular flexibility index (Phi) is 4.79. The van der Waals surface area contributed by atoms with Gasteiger partial charge < -0.3 is 10.5 Å². The lowest BCUT2D eigenvalue weighted by Crippen LogP contribution is -2.57. The number of carbonyl (C=O) groups is 1. The standard InChI is InChI=1S/C16H22N2O2.ClH/c1-20-14-6-4-12(5-7-14)11-18-13-3-2-9-16(18,10-8-13)15(17)19;/h4-7,13H,2-3,8-11H2,1H3,(H2,17,19);1H. The van der Waals surface area contributed by atoms with E-state index in [4.69, 9.17) is 10.5 Å². The number of rotatable bonds is 4. The number of amides is 1. The Morgan fingerprint density at radius 2 is 2.05 bits per heavy atom. The van der Waals surface area contributed by atoms with Crippen LogP contribution in [0.4, 0.5) is 0 Å². The number of nitrogens with two attached hydrogens (primary N) is 1. The molecule has 0 aromatic heterocycles. The molecule has 116 valence electrons. The van der Waals surface area contributed by atoms with Crippen molar-refractivity contribution in [3.63, 3.8) is 0 Å². The first-order valence-electron chi connectivity index (χ1n) is 7.35. The summed E-state index contributed by atoms with van der Waals surface area (Å²) in [6.07, 6.45) is 5.23. The van der Waals surface area contributed by atoms with E-state index in [1.807, 2.05) is 12.1 Å². The van der Waals surface area contributed by atoms with Gasteiger partial charge in [0.2, 0.25) is 5.91 Å². The molecule has 2 unspecified atom stereocenters. The number of piperidine rings is 1. The highest BCUT2D eigenvalue weighted by Crippen LogP contribution is 2.44. The number of hydrogen-bond acceptors (Lipinski definition) is 3. The molecule has 2 bridgehead atoms. The average molecular weight is 311 g/mol. The molecule has 0 saturated carbocycles. The second kappa shape index (κ2) is 6.24. The number of hydrogen-bond donors (Lipinski definition) is 1. The predicted molar refractivity (Wildman–Crippen MR) is 84.6 cm³/mol. The van der Waals surface area contributed by atoms with Crippen LogP contribution in [-0.2, 0) is 11.3 Å². The highest BCUT2D eigenvalue weighted by molar-refractivity contribution is 5.85. The van der Waals surface area contributed by atoms with Gasteiger partial charge in [0.1, 0.15) is 11.3 Å². The van der Waals surface area contributed by atoms with E-state index in [0.29, 0.717) is 6.04 Å². The molecule has 2 aliphatic rings. The molecule has 2 atom stereocenters. The van der Waals surface area contributed by atoms with E-state index >= 15 is 0 Å². The van der Waals surface area contributed by atoms with E-state index in [2.05, 4.69) is 17.0 Å². The van der Waals surface area contributed by atoms with E-state index in [1.165, 1.54) is 12.0 Å². The maximum atomic E-state index is 12.0. The number of primary amides is 1. The number of carbonyl (C=O) groups excluding carboxylic acids is 1. The number of nitrogens with zero attached hydrogens (tertiary/aromatic N) is 1. The first-order valence-corrected chi connectivity index (χ1v) is 7.35. The Labute approximate surface area is 132 Å². The highest BCUT2D eigenvalue weighted by atomic mass is 35.5. The second-order valence-electron chi connectivity index (χ2n) is 5.96.